The molecule has 1 N–H and O–H groups in total. The van der Waals surface area contributed by atoms with E-state index in [9.17, 15) is 0 Å². The van der Waals surface area contributed by atoms with Crippen molar-refractivity contribution in [3.05, 3.63) is 70.7 Å². The summed E-state index contributed by atoms with van der Waals surface area (Å²) in [6, 6.07) is 21.0. The van der Waals surface area contributed by atoms with E-state index in [2.05, 4.69) is 63.9 Å². The summed E-state index contributed by atoms with van der Waals surface area (Å²) in [6.45, 7) is 0. The maximum Gasteiger partial charge on any atom is 0.190 e. The van der Waals surface area contributed by atoms with Gasteiger partial charge in [-0.3, -0.25) is 0 Å². The van der Waals surface area contributed by atoms with Crippen molar-refractivity contribution in [1.82, 2.24) is 15.4 Å². The zero-order valence-corrected chi connectivity index (χ0v) is 13.7. The number of benzene rings is 2. The van der Waals surface area contributed by atoms with Gasteiger partial charge in [-0.05, 0) is 42.0 Å². The van der Waals surface area contributed by atoms with Crippen molar-refractivity contribution in [2.45, 2.75) is 12.8 Å². The Hall–Kier alpha value is -2.97. The van der Waals surface area contributed by atoms with Crippen LogP contribution in [0.4, 0.5) is 0 Å². The fourth-order valence-corrected chi connectivity index (χ4v) is 3.88. The minimum Gasteiger partial charge on any atom is -0.196 e. The number of fused-ring (bicyclic) bond motifs is 1. The molecule has 0 saturated heterocycles. The van der Waals surface area contributed by atoms with Crippen LogP contribution >= 0.6 is 11.3 Å². The standard InChI is InChI=1S/C19H14N4S/c20-12-17-19(22-23-21-17)15-6-3-4-13(10-15)8-9-16-11-14-5-1-2-7-18(14)24-16/h1-7,10-11H,8-9H2,(H,21,22,23). The number of aryl methyl sites for hydroxylation is 2. The third-order valence-electron chi connectivity index (χ3n) is 3.99. The molecule has 0 fully saturated rings. The molecule has 0 aliphatic carbocycles. The molecule has 0 unspecified atom stereocenters. The first-order chi connectivity index (χ1) is 11.8. The quantitative estimate of drug-likeness (QED) is 0.605. The zero-order valence-electron chi connectivity index (χ0n) is 12.9. The third kappa shape index (κ3) is 2.80. The number of hydrogen-bond acceptors (Lipinski definition) is 4. The molecule has 4 rings (SSSR count). The lowest BCUT2D eigenvalue weighted by Gasteiger charge is -2.03. The number of H-pyrrole nitrogens is 1. The smallest absolute Gasteiger partial charge is 0.190 e. The largest absolute Gasteiger partial charge is 0.196 e. The van der Waals surface area contributed by atoms with Crippen LogP contribution in [0.15, 0.2) is 54.6 Å². The molecule has 5 heteroatoms. The summed E-state index contributed by atoms with van der Waals surface area (Å²) < 4.78 is 1.34. The van der Waals surface area contributed by atoms with Gasteiger partial charge in [-0.25, -0.2) is 0 Å². The van der Waals surface area contributed by atoms with Gasteiger partial charge in [0.15, 0.2) is 5.69 Å². The van der Waals surface area contributed by atoms with Gasteiger partial charge < -0.3 is 0 Å². The lowest BCUT2D eigenvalue weighted by Crippen LogP contribution is -1.90. The Morgan fingerprint density at radius 1 is 1.00 bits per heavy atom. The molecular formula is C19H14N4S. The molecule has 24 heavy (non-hydrogen) atoms. The monoisotopic (exact) mass is 330 g/mol. The Labute approximate surface area is 143 Å². The summed E-state index contributed by atoms with van der Waals surface area (Å²) in [6.07, 6.45) is 1.97. The van der Waals surface area contributed by atoms with Crippen molar-refractivity contribution in [2.75, 3.05) is 0 Å². The number of thiophene rings is 1. The highest BCUT2D eigenvalue weighted by atomic mass is 32.1. The highest BCUT2D eigenvalue weighted by Gasteiger charge is 2.10. The van der Waals surface area contributed by atoms with Crippen molar-refractivity contribution in [2.24, 2.45) is 0 Å². The fourth-order valence-electron chi connectivity index (χ4n) is 2.81. The van der Waals surface area contributed by atoms with E-state index in [1.807, 2.05) is 23.5 Å². The van der Waals surface area contributed by atoms with Crippen LogP contribution in [-0.2, 0) is 12.8 Å². The van der Waals surface area contributed by atoms with E-state index in [4.69, 9.17) is 5.26 Å². The normalized spacial score (nSPS) is 10.8. The van der Waals surface area contributed by atoms with E-state index in [0.29, 0.717) is 11.4 Å². The predicted molar refractivity (Wildman–Crippen MR) is 95.8 cm³/mol. The van der Waals surface area contributed by atoms with Crippen molar-refractivity contribution in [3.8, 4) is 17.3 Å². The molecule has 0 amide bonds. The van der Waals surface area contributed by atoms with E-state index in [1.165, 1.54) is 20.5 Å². The molecule has 0 spiro atoms. The fraction of sp³-hybridized carbons (Fsp3) is 0.105. The lowest BCUT2D eigenvalue weighted by atomic mass is 10.0. The number of hydrogen-bond donors (Lipinski definition) is 1. The number of rotatable bonds is 4. The molecule has 2 aromatic heterocycles. The number of aromatic nitrogens is 3. The Morgan fingerprint density at radius 3 is 2.79 bits per heavy atom. The van der Waals surface area contributed by atoms with Crippen LogP contribution in [0.1, 0.15) is 16.1 Å². The summed E-state index contributed by atoms with van der Waals surface area (Å²) in [5.74, 6) is 0. The molecule has 2 aromatic carbocycles. The van der Waals surface area contributed by atoms with Crippen LogP contribution in [0.3, 0.4) is 0 Å². The topological polar surface area (TPSA) is 65.4 Å². The van der Waals surface area contributed by atoms with Gasteiger partial charge in [0.2, 0.25) is 0 Å². The number of nitriles is 1. The van der Waals surface area contributed by atoms with Gasteiger partial charge in [0, 0.05) is 15.1 Å². The molecule has 4 nitrogen and oxygen atoms in total. The van der Waals surface area contributed by atoms with E-state index in [0.717, 1.165) is 18.4 Å². The van der Waals surface area contributed by atoms with Crippen LogP contribution in [0.25, 0.3) is 21.3 Å². The van der Waals surface area contributed by atoms with Gasteiger partial charge in [-0.15, -0.1) is 16.4 Å². The first kappa shape index (κ1) is 14.6. The van der Waals surface area contributed by atoms with Crippen molar-refractivity contribution in [1.29, 1.82) is 5.26 Å². The Kier molecular flexibility index (Phi) is 3.81. The van der Waals surface area contributed by atoms with Crippen LogP contribution in [-0.4, -0.2) is 15.4 Å². The molecule has 0 atom stereocenters. The van der Waals surface area contributed by atoms with E-state index in [1.54, 1.807) is 0 Å². The second-order valence-electron chi connectivity index (χ2n) is 5.58. The lowest BCUT2D eigenvalue weighted by molar-refractivity contribution is 0.936. The Morgan fingerprint density at radius 2 is 1.92 bits per heavy atom. The first-order valence-electron chi connectivity index (χ1n) is 7.71. The second-order valence-corrected chi connectivity index (χ2v) is 6.75. The zero-order chi connectivity index (χ0) is 16.4. The minimum absolute atomic E-state index is 0.330. The summed E-state index contributed by atoms with van der Waals surface area (Å²) in [4.78, 5) is 1.39. The van der Waals surface area contributed by atoms with Gasteiger partial charge in [0.25, 0.3) is 0 Å². The van der Waals surface area contributed by atoms with Crippen LogP contribution in [0, 0.1) is 11.3 Å². The Bertz CT molecular complexity index is 1010. The molecule has 0 aliphatic rings. The van der Waals surface area contributed by atoms with Crippen LogP contribution < -0.4 is 0 Å². The van der Waals surface area contributed by atoms with Crippen molar-refractivity contribution in [3.63, 3.8) is 0 Å². The van der Waals surface area contributed by atoms with E-state index in [-0.39, 0.29) is 0 Å². The molecular weight excluding hydrogens is 316 g/mol. The SMILES string of the molecule is N#Cc1n[nH]nc1-c1cccc(CCc2cc3ccccc3s2)c1. The molecule has 0 bridgehead atoms. The van der Waals surface area contributed by atoms with Crippen LogP contribution in [0.5, 0.6) is 0 Å². The molecule has 0 saturated carbocycles. The Balaban J connectivity index is 1.55. The molecule has 4 aromatic rings. The predicted octanol–water partition coefficient (Wildman–Crippen LogP) is 4.34. The van der Waals surface area contributed by atoms with Crippen LogP contribution in [0.2, 0.25) is 0 Å². The number of aromatic amines is 1. The number of nitrogens with zero attached hydrogens (tertiary/aromatic N) is 3. The van der Waals surface area contributed by atoms with E-state index < -0.39 is 0 Å². The maximum absolute atomic E-state index is 9.09. The summed E-state index contributed by atoms with van der Waals surface area (Å²) >= 11 is 1.85. The maximum atomic E-state index is 9.09. The minimum atomic E-state index is 0.330. The first-order valence-corrected chi connectivity index (χ1v) is 8.53. The van der Waals surface area contributed by atoms with Gasteiger partial charge in [-0.2, -0.15) is 15.6 Å². The van der Waals surface area contributed by atoms with E-state index >= 15 is 0 Å². The summed E-state index contributed by atoms with van der Waals surface area (Å²) in [5, 5.41) is 20.9. The molecule has 116 valence electrons. The number of nitrogens with one attached hydrogen (secondary N) is 1. The highest BCUT2D eigenvalue weighted by Crippen LogP contribution is 2.27. The van der Waals surface area contributed by atoms with Gasteiger partial charge in [0.1, 0.15) is 11.8 Å². The molecule has 0 radical (unpaired) electrons. The van der Waals surface area contributed by atoms with Crippen molar-refractivity contribution >= 4 is 21.4 Å². The third-order valence-corrected chi connectivity index (χ3v) is 5.17. The van der Waals surface area contributed by atoms with Gasteiger partial charge in [-0.1, -0.05) is 36.4 Å². The molecule has 2 heterocycles. The van der Waals surface area contributed by atoms with Crippen molar-refractivity contribution < 1.29 is 0 Å². The summed E-state index contributed by atoms with van der Waals surface area (Å²) in [7, 11) is 0. The van der Waals surface area contributed by atoms with Gasteiger partial charge in [0.05, 0.1) is 0 Å². The molecule has 0 aliphatic heterocycles. The van der Waals surface area contributed by atoms with Gasteiger partial charge >= 0.3 is 0 Å². The summed E-state index contributed by atoms with van der Waals surface area (Å²) in [5.41, 5.74) is 3.10. The average molecular weight is 330 g/mol. The average Bonchev–Trinajstić information content (AvgIpc) is 3.26. The highest BCUT2D eigenvalue weighted by molar-refractivity contribution is 7.19. The second kappa shape index (κ2) is 6.26.